The topological polar surface area (TPSA) is 148 Å². The number of carbonyl (C=O) groups is 1. The number of hydrogen-bond donors (Lipinski definition) is 3. The molecule has 0 saturated heterocycles. The number of hydrogen-bond acceptors (Lipinski definition) is 8. The van der Waals surface area contributed by atoms with Crippen molar-refractivity contribution < 1.29 is 9.21 Å². The van der Waals surface area contributed by atoms with Crippen molar-refractivity contribution in [2.75, 3.05) is 11.1 Å². The second-order valence-electron chi connectivity index (χ2n) is 4.35. The van der Waals surface area contributed by atoms with Crippen LogP contribution in [0.3, 0.4) is 0 Å². The highest BCUT2D eigenvalue weighted by atomic mass is 16.4. The van der Waals surface area contributed by atoms with E-state index in [1.54, 1.807) is 18.3 Å². The molecule has 0 fully saturated rings. The fourth-order valence-electron chi connectivity index (χ4n) is 2.03. The van der Waals surface area contributed by atoms with Gasteiger partial charge >= 0.3 is 6.01 Å². The van der Waals surface area contributed by atoms with Gasteiger partial charge in [-0.1, -0.05) is 0 Å². The van der Waals surface area contributed by atoms with Gasteiger partial charge in [0.15, 0.2) is 11.2 Å². The number of aromatic amines is 1. The van der Waals surface area contributed by atoms with Crippen molar-refractivity contribution in [3.8, 4) is 0 Å². The Morgan fingerprint density at radius 1 is 1.27 bits per heavy atom. The zero-order chi connectivity index (χ0) is 15.1. The molecule has 4 N–H and O–H groups in total. The third-order valence-corrected chi connectivity index (χ3v) is 2.99. The Morgan fingerprint density at radius 2 is 2.18 bits per heavy atom. The van der Waals surface area contributed by atoms with Gasteiger partial charge in [0.1, 0.15) is 17.8 Å². The fourth-order valence-corrected chi connectivity index (χ4v) is 2.03. The van der Waals surface area contributed by atoms with Crippen LogP contribution in [-0.4, -0.2) is 36.0 Å². The summed E-state index contributed by atoms with van der Waals surface area (Å²) in [5.74, 6) is -0.362. The number of oxazole rings is 1. The average Bonchev–Trinajstić information content (AvgIpc) is 3.10. The molecule has 0 aliphatic carbocycles. The lowest BCUT2D eigenvalue weighted by Gasteiger charge is -1.99. The first-order chi connectivity index (χ1) is 10.7. The van der Waals surface area contributed by atoms with Crippen molar-refractivity contribution in [1.82, 2.24) is 30.1 Å². The lowest BCUT2D eigenvalue weighted by Crippen LogP contribution is -2.13. The van der Waals surface area contributed by atoms with E-state index < -0.39 is 5.91 Å². The van der Waals surface area contributed by atoms with E-state index in [1.165, 1.54) is 6.33 Å². The maximum atomic E-state index is 12.3. The summed E-state index contributed by atoms with van der Waals surface area (Å²) in [5.41, 5.74) is 7.05. The minimum Gasteiger partial charge on any atom is -0.421 e. The number of anilines is 2. The smallest absolute Gasteiger partial charge is 0.304 e. The molecule has 0 aliphatic heterocycles. The van der Waals surface area contributed by atoms with Gasteiger partial charge in [0.25, 0.3) is 5.91 Å². The number of amides is 1. The molecule has 4 aromatic rings. The molecular weight excluding hydrogens is 288 g/mol. The molecule has 0 saturated carbocycles. The molecule has 4 aromatic heterocycles. The molecule has 0 aliphatic rings. The van der Waals surface area contributed by atoms with Gasteiger partial charge in [0, 0.05) is 6.20 Å². The Bertz CT molecular complexity index is 972. The normalized spacial score (nSPS) is 11.1. The maximum Gasteiger partial charge on any atom is 0.304 e. The average molecular weight is 296 g/mol. The summed E-state index contributed by atoms with van der Waals surface area (Å²) >= 11 is 0. The van der Waals surface area contributed by atoms with E-state index in [0.29, 0.717) is 22.3 Å². The Kier molecular flexibility index (Phi) is 2.48. The highest BCUT2D eigenvalue weighted by Gasteiger charge is 2.19. The van der Waals surface area contributed by atoms with E-state index in [2.05, 4.69) is 35.5 Å². The first kappa shape index (κ1) is 12.2. The van der Waals surface area contributed by atoms with E-state index in [1.807, 2.05) is 0 Å². The summed E-state index contributed by atoms with van der Waals surface area (Å²) in [7, 11) is 0. The quantitative estimate of drug-likeness (QED) is 0.490. The Morgan fingerprint density at radius 3 is 3.05 bits per heavy atom. The number of aromatic nitrogens is 6. The van der Waals surface area contributed by atoms with Crippen molar-refractivity contribution in [1.29, 1.82) is 0 Å². The van der Waals surface area contributed by atoms with Crippen molar-refractivity contribution in [3.63, 3.8) is 0 Å². The molecule has 22 heavy (non-hydrogen) atoms. The van der Waals surface area contributed by atoms with Crippen molar-refractivity contribution in [3.05, 3.63) is 30.4 Å². The summed E-state index contributed by atoms with van der Waals surface area (Å²) < 4.78 is 5.38. The van der Waals surface area contributed by atoms with Crippen LogP contribution in [0.1, 0.15) is 10.5 Å². The molecule has 0 radical (unpaired) electrons. The summed E-state index contributed by atoms with van der Waals surface area (Å²) in [6.07, 6.45) is 2.85. The van der Waals surface area contributed by atoms with E-state index in [9.17, 15) is 4.79 Å². The Balaban J connectivity index is 1.71. The summed E-state index contributed by atoms with van der Waals surface area (Å²) in [6, 6.07) is 3.43. The van der Waals surface area contributed by atoms with Gasteiger partial charge in [-0.15, -0.1) is 0 Å². The van der Waals surface area contributed by atoms with E-state index >= 15 is 0 Å². The van der Waals surface area contributed by atoms with Crippen LogP contribution >= 0.6 is 0 Å². The lowest BCUT2D eigenvalue weighted by molar-refractivity contribution is 0.102. The minimum atomic E-state index is -0.518. The number of nitrogen functional groups attached to an aromatic ring is 1. The van der Waals surface area contributed by atoms with Crippen LogP contribution in [0.5, 0.6) is 0 Å². The van der Waals surface area contributed by atoms with E-state index in [0.717, 1.165) is 0 Å². The van der Waals surface area contributed by atoms with Crippen LogP contribution in [0.2, 0.25) is 0 Å². The first-order valence-electron chi connectivity index (χ1n) is 6.20. The van der Waals surface area contributed by atoms with Crippen LogP contribution in [0, 0.1) is 0 Å². The van der Waals surface area contributed by atoms with Gasteiger partial charge in [-0.2, -0.15) is 10.1 Å². The largest absolute Gasteiger partial charge is 0.421 e. The first-order valence-corrected chi connectivity index (χ1v) is 6.20. The van der Waals surface area contributed by atoms with Crippen LogP contribution in [0.25, 0.3) is 22.3 Å². The van der Waals surface area contributed by atoms with Crippen molar-refractivity contribution >= 4 is 40.0 Å². The molecule has 1 amide bonds. The SMILES string of the molecule is Nc1ncnc2n[nH]c(C(=O)Nc3nc4ncccc4o3)c12. The van der Waals surface area contributed by atoms with Gasteiger partial charge in [-0.25, -0.2) is 15.0 Å². The predicted octanol–water partition coefficient (Wildman–Crippen LogP) is 0.724. The predicted molar refractivity (Wildman–Crippen MR) is 75.9 cm³/mol. The molecule has 4 rings (SSSR count). The Labute approximate surface area is 121 Å². The number of nitrogens with two attached hydrogens (primary N) is 1. The number of nitrogens with zero attached hydrogens (tertiary/aromatic N) is 5. The van der Waals surface area contributed by atoms with Crippen LogP contribution in [0.4, 0.5) is 11.8 Å². The number of fused-ring (bicyclic) bond motifs is 2. The number of nitrogens with one attached hydrogen (secondary N) is 2. The van der Waals surface area contributed by atoms with Gasteiger partial charge in [0.05, 0.1) is 5.39 Å². The third-order valence-electron chi connectivity index (χ3n) is 2.99. The minimum absolute atomic E-state index is 0.0249. The molecule has 0 aromatic carbocycles. The standard InChI is InChI=1S/C12H8N8O2/c13-8-6-7(19-20-10(6)16-4-15-8)11(21)18-12-17-9-5(22-12)2-1-3-14-9/h1-4H,(H,14,17,18,21)(H3,13,15,16,19,20). The van der Waals surface area contributed by atoms with Crippen molar-refractivity contribution in [2.24, 2.45) is 0 Å². The molecule has 0 spiro atoms. The number of H-pyrrole nitrogens is 1. The van der Waals surface area contributed by atoms with E-state index in [-0.39, 0.29) is 17.5 Å². The van der Waals surface area contributed by atoms with Gasteiger partial charge in [0.2, 0.25) is 5.65 Å². The fraction of sp³-hybridized carbons (Fsp3) is 0. The van der Waals surface area contributed by atoms with Crippen LogP contribution < -0.4 is 11.1 Å². The van der Waals surface area contributed by atoms with Crippen LogP contribution in [-0.2, 0) is 0 Å². The highest BCUT2D eigenvalue weighted by molar-refractivity contribution is 6.12. The second-order valence-corrected chi connectivity index (χ2v) is 4.35. The zero-order valence-corrected chi connectivity index (χ0v) is 10.9. The zero-order valence-electron chi connectivity index (χ0n) is 10.9. The molecular formula is C12H8N8O2. The Hall–Kier alpha value is -3.56. The monoisotopic (exact) mass is 296 g/mol. The molecule has 10 nitrogen and oxygen atoms in total. The molecule has 0 atom stereocenters. The van der Waals surface area contributed by atoms with Crippen molar-refractivity contribution in [2.45, 2.75) is 0 Å². The highest BCUT2D eigenvalue weighted by Crippen LogP contribution is 2.21. The summed E-state index contributed by atoms with van der Waals surface area (Å²) in [5, 5.41) is 9.34. The second kappa shape index (κ2) is 4.48. The molecule has 10 heteroatoms. The summed E-state index contributed by atoms with van der Waals surface area (Å²) in [4.78, 5) is 28.1. The number of rotatable bonds is 2. The lowest BCUT2D eigenvalue weighted by atomic mass is 10.2. The van der Waals surface area contributed by atoms with E-state index in [4.69, 9.17) is 10.2 Å². The molecule has 4 heterocycles. The molecule has 0 unspecified atom stereocenters. The molecule has 0 bridgehead atoms. The maximum absolute atomic E-state index is 12.3. The van der Waals surface area contributed by atoms with Gasteiger partial charge < -0.3 is 10.2 Å². The summed E-state index contributed by atoms with van der Waals surface area (Å²) in [6.45, 7) is 0. The van der Waals surface area contributed by atoms with Gasteiger partial charge in [-0.3, -0.25) is 15.2 Å². The van der Waals surface area contributed by atoms with Gasteiger partial charge in [-0.05, 0) is 12.1 Å². The van der Waals surface area contributed by atoms with Crippen LogP contribution in [0.15, 0.2) is 29.1 Å². The number of carbonyl (C=O) groups excluding carboxylic acids is 1. The third kappa shape index (κ3) is 1.82. The number of pyridine rings is 1. The molecule has 108 valence electrons.